The van der Waals surface area contributed by atoms with E-state index in [9.17, 15) is 14.7 Å². The zero-order valence-corrected chi connectivity index (χ0v) is 16.2. The number of cyclic esters (lactones) is 1. The minimum atomic E-state index is -0.709. The SMILES string of the molecule is COC1C=C(CC[C@]2(C)[C@H]3CCC=C(C)[C@]3(C)CC[C@H]2C(=O)O)C(=O)O1. The molecule has 1 saturated carbocycles. The summed E-state index contributed by atoms with van der Waals surface area (Å²) in [6.45, 7) is 6.61. The lowest BCUT2D eigenvalue weighted by Crippen LogP contribution is -2.52. The summed E-state index contributed by atoms with van der Waals surface area (Å²) < 4.78 is 10.2. The molecule has 1 heterocycles. The van der Waals surface area contributed by atoms with Crippen LogP contribution in [0.2, 0.25) is 0 Å². The van der Waals surface area contributed by atoms with Crippen molar-refractivity contribution in [1.29, 1.82) is 0 Å². The van der Waals surface area contributed by atoms with Crippen molar-refractivity contribution in [2.75, 3.05) is 7.11 Å². The van der Waals surface area contributed by atoms with Crippen LogP contribution in [0.15, 0.2) is 23.3 Å². The van der Waals surface area contributed by atoms with E-state index >= 15 is 0 Å². The number of carboxylic acids is 1. The summed E-state index contributed by atoms with van der Waals surface area (Å²) in [5.74, 6) is -1.11. The molecule has 0 aromatic carbocycles. The van der Waals surface area contributed by atoms with Crippen molar-refractivity contribution in [3.05, 3.63) is 23.3 Å². The normalized spacial score (nSPS) is 39.7. The summed E-state index contributed by atoms with van der Waals surface area (Å²) >= 11 is 0. The molecule has 1 fully saturated rings. The van der Waals surface area contributed by atoms with E-state index in [1.807, 2.05) is 0 Å². The van der Waals surface area contributed by atoms with Gasteiger partial charge in [-0.25, -0.2) is 4.79 Å². The van der Waals surface area contributed by atoms with Gasteiger partial charge in [-0.05, 0) is 68.3 Å². The highest BCUT2D eigenvalue weighted by molar-refractivity contribution is 5.90. The lowest BCUT2D eigenvalue weighted by Gasteiger charge is -2.57. The molecule has 0 bridgehead atoms. The van der Waals surface area contributed by atoms with Gasteiger partial charge in [0.25, 0.3) is 0 Å². The number of hydrogen-bond acceptors (Lipinski definition) is 4. The summed E-state index contributed by atoms with van der Waals surface area (Å²) in [6, 6.07) is 0. The summed E-state index contributed by atoms with van der Waals surface area (Å²) in [5, 5.41) is 9.90. The fraction of sp³-hybridized carbons (Fsp3) is 0.714. The first kappa shape index (κ1) is 19.2. The predicted molar refractivity (Wildman–Crippen MR) is 97.3 cm³/mol. The third kappa shape index (κ3) is 3.00. The fourth-order valence-electron chi connectivity index (χ4n) is 5.65. The quantitative estimate of drug-likeness (QED) is 0.589. The summed E-state index contributed by atoms with van der Waals surface area (Å²) in [5.41, 5.74) is 1.71. The van der Waals surface area contributed by atoms with Crippen molar-refractivity contribution in [1.82, 2.24) is 0 Å². The number of rotatable bonds is 5. The Morgan fingerprint density at radius 3 is 2.73 bits per heavy atom. The van der Waals surface area contributed by atoms with Crippen molar-refractivity contribution < 1.29 is 24.2 Å². The first-order valence-electron chi connectivity index (χ1n) is 9.57. The van der Waals surface area contributed by atoms with E-state index in [1.165, 1.54) is 12.7 Å². The van der Waals surface area contributed by atoms with Gasteiger partial charge < -0.3 is 14.6 Å². The Kier molecular flexibility index (Phi) is 5.04. The standard InChI is InChI=1S/C21H30O5/c1-13-6-5-7-16-20(13,2)11-9-15(18(22)23)21(16,3)10-8-14-12-17(25-4)26-19(14)24/h6,12,15-17H,5,7-11H2,1-4H3,(H,22,23)/t15-,16-,17?,20-,21-/m0/s1. The molecule has 0 spiro atoms. The van der Waals surface area contributed by atoms with Gasteiger partial charge in [-0.3, -0.25) is 4.79 Å². The molecule has 5 heteroatoms. The summed E-state index contributed by atoms with van der Waals surface area (Å²) in [6.07, 6.45) is 8.26. The molecular weight excluding hydrogens is 332 g/mol. The molecule has 0 aromatic heterocycles. The molecule has 5 nitrogen and oxygen atoms in total. The van der Waals surface area contributed by atoms with Gasteiger partial charge in [-0.2, -0.15) is 0 Å². The average molecular weight is 362 g/mol. The Morgan fingerprint density at radius 2 is 2.12 bits per heavy atom. The third-order valence-corrected chi connectivity index (χ3v) is 7.41. The van der Waals surface area contributed by atoms with Gasteiger partial charge in [0.05, 0.1) is 5.92 Å². The molecule has 0 radical (unpaired) electrons. The molecule has 0 amide bonds. The molecule has 2 aliphatic carbocycles. The van der Waals surface area contributed by atoms with Crippen LogP contribution in [0.1, 0.15) is 59.3 Å². The second-order valence-electron chi connectivity index (χ2n) is 8.57. The lowest BCUT2D eigenvalue weighted by atomic mass is 9.46. The predicted octanol–water partition coefficient (Wildman–Crippen LogP) is 4.09. The second-order valence-corrected chi connectivity index (χ2v) is 8.57. The van der Waals surface area contributed by atoms with Crippen LogP contribution in [0.25, 0.3) is 0 Å². The van der Waals surface area contributed by atoms with E-state index in [0.29, 0.717) is 30.8 Å². The number of ether oxygens (including phenoxy) is 2. The molecule has 1 unspecified atom stereocenters. The topological polar surface area (TPSA) is 72.8 Å². The number of carboxylic acid groups (broad SMARTS) is 1. The van der Waals surface area contributed by atoms with E-state index in [4.69, 9.17) is 9.47 Å². The number of aliphatic carboxylic acids is 1. The summed E-state index contributed by atoms with van der Waals surface area (Å²) in [4.78, 5) is 24.1. The minimum Gasteiger partial charge on any atom is -0.481 e. The van der Waals surface area contributed by atoms with E-state index in [-0.39, 0.29) is 22.7 Å². The monoisotopic (exact) mass is 362 g/mol. The Morgan fingerprint density at radius 1 is 1.38 bits per heavy atom. The van der Waals surface area contributed by atoms with Gasteiger partial charge in [0, 0.05) is 12.7 Å². The van der Waals surface area contributed by atoms with Gasteiger partial charge >= 0.3 is 11.9 Å². The number of esters is 1. The zero-order chi connectivity index (χ0) is 19.1. The van der Waals surface area contributed by atoms with Gasteiger partial charge in [-0.15, -0.1) is 0 Å². The average Bonchev–Trinajstić information content (AvgIpc) is 2.95. The maximum atomic E-state index is 12.0. The van der Waals surface area contributed by atoms with Crippen LogP contribution < -0.4 is 0 Å². The maximum Gasteiger partial charge on any atom is 0.336 e. The van der Waals surface area contributed by atoms with E-state index in [1.54, 1.807) is 6.08 Å². The van der Waals surface area contributed by atoms with Gasteiger partial charge in [0.15, 0.2) is 0 Å². The number of carbonyl (C=O) groups excluding carboxylic acids is 1. The molecule has 1 aliphatic heterocycles. The lowest BCUT2D eigenvalue weighted by molar-refractivity contribution is -0.156. The molecule has 3 aliphatic rings. The number of carbonyl (C=O) groups is 2. The van der Waals surface area contributed by atoms with Crippen molar-refractivity contribution in [3.63, 3.8) is 0 Å². The number of hydrogen-bond donors (Lipinski definition) is 1. The Labute approximate surface area is 155 Å². The van der Waals surface area contributed by atoms with Crippen LogP contribution >= 0.6 is 0 Å². The van der Waals surface area contributed by atoms with Crippen LogP contribution in [-0.2, 0) is 19.1 Å². The zero-order valence-electron chi connectivity index (χ0n) is 16.2. The number of fused-ring (bicyclic) bond motifs is 1. The van der Waals surface area contributed by atoms with Gasteiger partial charge in [0.1, 0.15) is 0 Å². The fourth-order valence-corrected chi connectivity index (χ4v) is 5.65. The van der Waals surface area contributed by atoms with Crippen LogP contribution in [0.5, 0.6) is 0 Å². The number of methoxy groups -OCH3 is 1. The summed E-state index contributed by atoms with van der Waals surface area (Å²) in [7, 11) is 1.50. The molecule has 5 atom stereocenters. The van der Waals surface area contributed by atoms with Crippen LogP contribution in [0.3, 0.4) is 0 Å². The van der Waals surface area contributed by atoms with E-state index in [0.717, 1.165) is 19.3 Å². The molecule has 0 saturated heterocycles. The van der Waals surface area contributed by atoms with Crippen LogP contribution in [-0.4, -0.2) is 30.4 Å². The van der Waals surface area contributed by atoms with E-state index < -0.39 is 12.3 Å². The first-order chi connectivity index (χ1) is 12.2. The highest BCUT2D eigenvalue weighted by Crippen LogP contribution is 2.62. The molecule has 3 rings (SSSR count). The van der Waals surface area contributed by atoms with Gasteiger partial charge in [-0.1, -0.05) is 25.5 Å². The van der Waals surface area contributed by atoms with Crippen LogP contribution in [0, 0.1) is 22.7 Å². The van der Waals surface area contributed by atoms with Crippen molar-refractivity contribution in [2.45, 2.75) is 65.6 Å². The van der Waals surface area contributed by atoms with Crippen molar-refractivity contribution in [2.24, 2.45) is 22.7 Å². The molecule has 0 aromatic rings. The minimum absolute atomic E-state index is 0.0541. The maximum absolute atomic E-state index is 12.0. The Bertz CT molecular complexity index is 663. The smallest absolute Gasteiger partial charge is 0.336 e. The molecule has 26 heavy (non-hydrogen) atoms. The van der Waals surface area contributed by atoms with E-state index in [2.05, 4.69) is 26.8 Å². The third-order valence-electron chi connectivity index (χ3n) is 7.41. The van der Waals surface area contributed by atoms with Crippen LogP contribution in [0.4, 0.5) is 0 Å². The largest absolute Gasteiger partial charge is 0.481 e. The Hall–Kier alpha value is -1.62. The number of allylic oxidation sites excluding steroid dienone is 2. The molecule has 1 N–H and O–H groups in total. The first-order valence-corrected chi connectivity index (χ1v) is 9.57. The highest BCUT2D eigenvalue weighted by atomic mass is 16.7. The van der Waals surface area contributed by atoms with Crippen molar-refractivity contribution in [3.8, 4) is 0 Å². The Balaban J connectivity index is 1.88. The highest BCUT2D eigenvalue weighted by Gasteiger charge is 2.56. The molecular formula is C21H30O5. The second kappa shape index (κ2) is 6.84. The van der Waals surface area contributed by atoms with Gasteiger partial charge in [0.2, 0.25) is 6.29 Å². The molecule has 144 valence electrons. The van der Waals surface area contributed by atoms with Crippen molar-refractivity contribution >= 4 is 11.9 Å².